The summed E-state index contributed by atoms with van der Waals surface area (Å²) in [5.74, 6) is -0.448. The number of unbranched alkanes of at least 4 members (excludes halogenated alkanes) is 22. The summed E-state index contributed by atoms with van der Waals surface area (Å²) in [4.78, 5) is 25.2. The molecule has 0 aliphatic heterocycles. The van der Waals surface area contributed by atoms with E-state index < -0.39 is 6.10 Å². The highest BCUT2D eigenvalue weighted by molar-refractivity contribution is 5.70. The largest absolute Gasteiger partial charge is 0.462 e. The average Bonchev–Trinajstić information content (AvgIpc) is 3.20. The molecule has 0 saturated heterocycles. The highest BCUT2D eigenvalue weighted by Gasteiger charge is 2.17. The van der Waals surface area contributed by atoms with E-state index in [4.69, 9.17) is 14.2 Å². The monoisotopic (exact) mass is 783 g/mol. The SMILES string of the molecule is CC/C=C\C/C=C\C/C=C\C/C=C\CCCCC(=O)OC(COCCCCCCCC)COC(=O)CCCCCCCCCCC/C=C\CCCCCCCC. The van der Waals surface area contributed by atoms with Crippen molar-refractivity contribution in [2.45, 2.75) is 232 Å². The zero-order valence-electron chi connectivity index (χ0n) is 37.1. The molecule has 1 unspecified atom stereocenters. The fourth-order valence-electron chi connectivity index (χ4n) is 6.49. The number of rotatable bonds is 43. The van der Waals surface area contributed by atoms with Crippen LogP contribution in [0.25, 0.3) is 0 Å². The van der Waals surface area contributed by atoms with Gasteiger partial charge in [0.2, 0.25) is 0 Å². The van der Waals surface area contributed by atoms with Crippen molar-refractivity contribution in [1.29, 1.82) is 0 Å². The predicted octanol–water partition coefficient (Wildman–Crippen LogP) is 15.8. The highest BCUT2D eigenvalue weighted by Crippen LogP contribution is 2.14. The van der Waals surface area contributed by atoms with E-state index in [1.807, 2.05) is 0 Å². The fourth-order valence-corrected chi connectivity index (χ4v) is 6.49. The van der Waals surface area contributed by atoms with Crippen LogP contribution in [0.2, 0.25) is 0 Å². The van der Waals surface area contributed by atoms with Gasteiger partial charge in [0.15, 0.2) is 6.10 Å². The van der Waals surface area contributed by atoms with E-state index in [0.717, 1.165) is 70.6 Å². The van der Waals surface area contributed by atoms with Crippen LogP contribution in [-0.4, -0.2) is 37.9 Å². The zero-order chi connectivity index (χ0) is 40.7. The second kappa shape index (κ2) is 47.0. The first-order chi connectivity index (χ1) is 27.6. The van der Waals surface area contributed by atoms with Crippen LogP contribution in [0, 0.1) is 0 Å². The van der Waals surface area contributed by atoms with Crippen LogP contribution >= 0.6 is 0 Å². The number of carbonyl (C=O) groups excluding carboxylic acids is 2. The topological polar surface area (TPSA) is 61.8 Å². The molecule has 0 radical (unpaired) electrons. The van der Waals surface area contributed by atoms with Gasteiger partial charge in [-0.1, -0.05) is 191 Å². The highest BCUT2D eigenvalue weighted by atomic mass is 16.6. The van der Waals surface area contributed by atoms with Crippen molar-refractivity contribution in [2.24, 2.45) is 0 Å². The van der Waals surface area contributed by atoms with Gasteiger partial charge in [0.1, 0.15) is 6.61 Å². The Hall–Kier alpha value is -2.40. The summed E-state index contributed by atoms with van der Waals surface area (Å²) < 4.78 is 17.2. The minimum Gasteiger partial charge on any atom is -0.462 e. The van der Waals surface area contributed by atoms with Crippen molar-refractivity contribution in [3.8, 4) is 0 Å². The summed E-state index contributed by atoms with van der Waals surface area (Å²) in [6, 6.07) is 0. The van der Waals surface area contributed by atoms with E-state index in [9.17, 15) is 9.59 Å². The van der Waals surface area contributed by atoms with Crippen molar-refractivity contribution in [3.63, 3.8) is 0 Å². The molecule has 0 aliphatic rings. The molecule has 5 nitrogen and oxygen atoms in total. The molecular weight excluding hydrogens is 693 g/mol. The second-order valence-electron chi connectivity index (χ2n) is 15.6. The number of allylic oxidation sites excluding steroid dienone is 10. The molecule has 0 N–H and O–H groups in total. The van der Waals surface area contributed by atoms with Crippen molar-refractivity contribution in [2.75, 3.05) is 19.8 Å². The second-order valence-corrected chi connectivity index (χ2v) is 15.6. The molecule has 0 aromatic heterocycles. The van der Waals surface area contributed by atoms with Gasteiger partial charge in [-0.3, -0.25) is 9.59 Å². The van der Waals surface area contributed by atoms with Crippen LogP contribution in [0.4, 0.5) is 0 Å². The minimum absolute atomic E-state index is 0.0674. The number of hydrogen-bond donors (Lipinski definition) is 0. The summed E-state index contributed by atoms with van der Waals surface area (Å²) in [5.41, 5.74) is 0. The van der Waals surface area contributed by atoms with Crippen molar-refractivity contribution in [3.05, 3.63) is 60.8 Å². The lowest BCUT2D eigenvalue weighted by atomic mass is 10.1. The first kappa shape index (κ1) is 53.6. The lowest BCUT2D eigenvalue weighted by molar-refractivity contribution is -0.163. The summed E-state index contributed by atoms with van der Waals surface area (Å²) >= 11 is 0. The van der Waals surface area contributed by atoms with E-state index in [2.05, 4.69) is 81.5 Å². The maximum absolute atomic E-state index is 12.7. The molecule has 0 bridgehead atoms. The molecule has 0 saturated carbocycles. The van der Waals surface area contributed by atoms with Crippen molar-refractivity contribution in [1.82, 2.24) is 0 Å². The Labute approximate surface area is 347 Å². The van der Waals surface area contributed by atoms with Crippen LogP contribution in [0.15, 0.2) is 60.8 Å². The molecule has 56 heavy (non-hydrogen) atoms. The number of esters is 2. The fraction of sp³-hybridized carbons (Fsp3) is 0.765. The third-order valence-corrected chi connectivity index (χ3v) is 10.0. The molecule has 0 rings (SSSR count). The van der Waals surface area contributed by atoms with Crippen LogP contribution in [0.5, 0.6) is 0 Å². The summed E-state index contributed by atoms with van der Waals surface area (Å²) in [5, 5.41) is 0. The van der Waals surface area contributed by atoms with Crippen molar-refractivity contribution >= 4 is 11.9 Å². The third-order valence-electron chi connectivity index (χ3n) is 10.0. The van der Waals surface area contributed by atoms with Gasteiger partial charge in [-0.15, -0.1) is 0 Å². The number of carbonyl (C=O) groups is 2. The molecule has 5 heteroatoms. The van der Waals surface area contributed by atoms with Gasteiger partial charge in [-0.2, -0.15) is 0 Å². The predicted molar refractivity (Wildman–Crippen MR) is 242 cm³/mol. The Morgan fingerprint density at radius 3 is 1.34 bits per heavy atom. The normalized spacial score (nSPS) is 12.7. The van der Waals surface area contributed by atoms with Gasteiger partial charge in [0.05, 0.1) is 6.61 Å². The maximum atomic E-state index is 12.7. The van der Waals surface area contributed by atoms with E-state index in [0.29, 0.717) is 19.4 Å². The Bertz CT molecular complexity index is 977. The number of hydrogen-bond acceptors (Lipinski definition) is 5. The Morgan fingerprint density at radius 2 is 0.804 bits per heavy atom. The summed E-state index contributed by atoms with van der Waals surface area (Å²) in [7, 11) is 0. The van der Waals surface area contributed by atoms with Gasteiger partial charge >= 0.3 is 11.9 Å². The van der Waals surface area contributed by atoms with E-state index in [-0.39, 0.29) is 25.2 Å². The summed E-state index contributed by atoms with van der Waals surface area (Å²) in [6.45, 7) is 7.63. The Balaban J connectivity index is 4.14. The lowest BCUT2D eigenvalue weighted by Gasteiger charge is -2.18. The van der Waals surface area contributed by atoms with E-state index in [1.165, 1.54) is 122 Å². The molecular formula is C51H90O5. The molecule has 1 atom stereocenters. The molecule has 324 valence electrons. The Morgan fingerprint density at radius 1 is 0.411 bits per heavy atom. The average molecular weight is 783 g/mol. The standard InChI is InChI=1S/C51H90O5/c1-4-7-10-13-16-18-20-22-24-25-26-27-29-30-32-34-36-38-41-44-50(52)55-48-49(47-54-46-43-40-15-12-9-6-3)56-51(53)45-42-39-37-35-33-31-28-23-21-19-17-14-11-8-5-2/h8,11,17,19,22-24,28,33,35,49H,4-7,9-10,12-16,18,20-21,25-27,29-32,34,36-48H2,1-3H3/b11-8-,19-17-,24-22-,28-23-,35-33-. The van der Waals surface area contributed by atoms with Gasteiger partial charge < -0.3 is 14.2 Å². The Kier molecular flexibility index (Phi) is 45.0. The molecule has 0 fully saturated rings. The summed E-state index contributed by atoms with van der Waals surface area (Å²) in [6.07, 6.45) is 58.1. The molecule has 0 spiro atoms. The van der Waals surface area contributed by atoms with E-state index >= 15 is 0 Å². The van der Waals surface area contributed by atoms with Crippen LogP contribution in [0.1, 0.15) is 226 Å². The van der Waals surface area contributed by atoms with Gasteiger partial charge in [-0.05, 0) is 83.5 Å². The van der Waals surface area contributed by atoms with Gasteiger partial charge in [-0.25, -0.2) is 0 Å². The van der Waals surface area contributed by atoms with Crippen LogP contribution in [-0.2, 0) is 23.8 Å². The quantitative estimate of drug-likeness (QED) is 0.0350. The van der Waals surface area contributed by atoms with Crippen LogP contribution in [0.3, 0.4) is 0 Å². The molecule has 0 aromatic rings. The van der Waals surface area contributed by atoms with Crippen LogP contribution < -0.4 is 0 Å². The van der Waals surface area contributed by atoms with Gasteiger partial charge in [0, 0.05) is 19.4 Å². The zero-order valence-corrected chi connectivity index (χ0v) is 37.1. The van der Waals surface area contributed by atoms with E-state index in [1.54, 1.807) is 0 Å². The molecule has 0 aromatic carbocycles. The smallest absolute Gasteiger partial charge is 0.306 e. The number of ether oxygens (including phenoxy) is 3. The maximum Gasteiger partial charge on any atom is 0.306 e. The molecule has 0 heterocycles. The molecule has 0 aliphatic carbocycles. The molecule has 0 amide bonds. The lowest BCUT2D eigenvalue weighted by Crippen LogP contribution is -2.30. The first-order valence-corrected chi connectivity index (χ1v) is 23.8. The van der Waals surface area contributed by atoms with Crippen molar-refractivity contribution < 1.29 is 23.8 Å². The van der Waals surface area contributed by atoms with Gasteiger partial charge in [0.25, 0.3) is 0 Å². The third kappa shape index (κ3) is 44.3. The minimum atomic E-state index is -0.554. The first-order valence-electron chi connectivity index (χ1n) is 23.8.